The molecule has 0 bridgehead atoms. The van der Waals surface area contributed by atoms with Gasteiger partial charge in [-0.3, -0.25) is 4.79 Å². The number of rotatable bonds is 8. The Bertz CT molecular complexity index is 1550. The molecule has 1 aromatic heterocycles. The molecule has 192 valence electrons. The number of methoxy groups -OCH3 is 1. The van der Waals surface area contributed by atoms with Gasteiger partial charge in [-0.1, -0.05) is 67.7 Å². The molecule has 0 amide bonds. The summed E-state index contributed by atoms with van der Waals surface area (Å²) >= 11 is 14.1. The van der Waals surface area contributed by atoms with E-state index in [1.165, 1.54) is 4.68 Å². The van der Waals surface area contributed by atoms with E-state index in [2.05, 4.69) is 75.7 Å². The van der Waals surface area contributed by atoms with Crippen LogP contribution in [0.4, 0.5) is 0 Å². The number of ether oxygens (including phenoxy) is 2. The topological polar surface area (TPSA) is 65.7 Å². The molecule has 0 spiro atoms. The van der Waals surface area contributed by atoms with Crippen LogP contribution in [0.15, 0.2) is 76.3 Å². The summed E-state index contributed by atoms with van der Waals surface area (Å²) in [6, 6.07) is 15.1. The Morgan fingerprint density at radius 2 is 1.76 bits per heavy atom. The fourth-order valence-corrected chi connectivity index (χ4v) is 5.74. The summed E-state index contributed by atoms with van der Waals surface area (Å²) in [5.74, 6) is 1.78. The maximum Gasteiger partial charge on any atom is 0.282 e. The second-order valence-corrected chi connectivity index (χ2v) is 11.9. The first-order chi connectivity index (χ1) is 17.7. The summed E-state index contributed by atoms with van der Waals surface area (Å²) in [7, 11) is 1.59. The molecule has 1 heterocycles. The molecular formula is C27H23Br4N3O3. The highest BCUT2D eigenvalue weighted by atomic mass is 79.9. The first kappa shape index (κ1) is 28.0. The summed E-state index contributed by atoms with van der Waals surface area (Å²) in [6.07, 6.45) is 2.45. The van der Waals surface area contributed by atoms with E-state index in [1.54, 1.807) is 19.4 Å². The highest BCUT2D eigenvalue weighted by molar-refractivity contribution is 9.11. The van der Waals surface area contributed by atoms with Gasteiger partial charge in [0, 0.05) is 24.9 Å². The molecule has 0 saturated heterocycles. The molecule has 0 unspecified atom stereocenters. The smallest absolute Gasteiger partial charge is 0.282 e. The normalized spacial score (nSPS) is 12.3. The van der Waals surface area contributed by atoms with Crippen molar-refractivity contribution in [3.8, 4) is 11.5 Å². The standard InChI is InChI=1S/C27H23Br4N3O3/c1-4-15(2)26-33-23-8-7-18(28)11-20(23)27(35)34(26)32-13-16-9-22(31)25(24(10-16)36-3)37-14-17-5-6-19(29)12-21(17)30/h5-13,15H,4,14H2,1-3H3/t15-/m0/s1. The van der Waals surface area contributed by atoms with E-state index < -0.39 is 0 Å². The zero-order valence-corrected chi connectivity index (χ0v) is 26.6. The number of nitrogens with zero attached hydrogens (tertiary/aromatic N) is 3. The summed E-state index contributed by atoms with van der Waals surface area (Å²) in [5.41, 5.74) is 2.16. The zero-order chi connectivity index (χ0) is 26.7. The number of hydrogen-bond donors (Lipinski definition) is 0. The van der Waals surface area contributed by atoms with Gasteiger partial charge in [0.1, 0.15) is 12.4 Å². The molecule has 10 heteroatoms. The van der Waals surface area contributed by atoms with Crippen LogP contribution in [0.1, 0.15) is 43.1 Å². The Balaban J connectivity index is 1.69. The molecule has 0 radical (unpaired) electrons. The molecule has 0 aliphatic rings. The van der Waals surface area contributed by atoms with Gasteiger partial charge in [-0.2, -0.15) is 9.78 Å². The average molecular weight is 757 g/mol. The van der Waals surface area contributed by atoms with Gasteiger partial charge in [-0.25, -0.2) is 4.98 Å². The van der Waals surface area contributed by atoms with Gasteiger partial charge in [0.25, 0.3) is 5.56 Å². The van der Waals surface area contributed by atoms with Crippen LogP contribution in [0, 0.1) is 0 Å². The molecule has 4 rings (SSSR count). The maximum absolute atomic E-state index is 13.4. The minimum absolute atomic E-state index is 0.0490. The molecule has 4 aromatic rings. The van der Waals surface area contributed by atoms with Crippen LogP contribution >= 0.6 is 63.7 Å². The van der Waals surface area contributed by atoms with Crippen LogP contribution in [0.3, 0.4) is 0 Å². The first-order valence-corrected chi connectivity index (χ1v) is 14.6. The van der Waals surface area contributed by atoms with Crippen LogP contribution in [0.2, 0.25) is 0 Å². The maximum atomic E-state index is 13.4. The van der Waals surface area contributed by atoms with Crippen LogP contribution in [0.25, 0.3) is 10.9 Å². The fraction of sp³-hybridized carbons (Fsp3) is 0.222. The highest BCUT2D eigenvalue weighted by Crippen LogP contribution is 2.37. The van der Waals surface area contributed by atoms with E-state index in [4.69, 9.17) is 14.5 Å². The van der Waals surface area contributed by atoms with Crippen LogP contribution in [-0.2, 0) is 6.61 Å². The Morgan fingerprint density at radius 3 is 2.46 bits per heavy atom. The molecular weight excluding hydrogens is 734 g/mol. The van der Waals surface area contributed by atoms with Crippen molar-refractivity contribution in [2.45, 2.75) is 32.8 Å². The number of fused-ring (bicyclic) bond motifs is 1. The van der Waals surface area contributed by atoms with Crippen LogP contribution in [-0.4, -0.2) is 23.0 Å². The van der Waals surface area contributed by atoms with Crippen molar-refractivity contribution < 1.29 is 9.47 Å². The van der Waals surface area contributed by atoms with Gasteiger partial charge in [0.15, 0.2) is 11.5 Å². The predicted molar refractivity (Wildman–Crippen MR) is 162 cm³/mol. The van der Waals surface area contributed by atoms with E-state index >= 15 is 0 Å². The van der Waals surface area contributed by atoms with E-state index in [0.717, 1.165) is 31.0 Å². The van der Waals surface area contributed by atoms with Gasteiger partial charge in [-0.05, 0) is 70.4 Å². The third-order valence-corrected chi connectivity index (χ3v) is 8.16. The van der Waals surface area contributed by atoms with Crippen molar-refractivity contribution in [1.29, 1.82) is 0 Å². The number of benzene rings is 3. The number of hydrogen-bond acceptors (Lipinski definition) is 5. The predicted octanol–water partition coefficient (Wildman–Crippen LogP) is 8.43. The quantitative estimate of drug-likeness (QED) is 0.170. The molecule has 0 aliphatic heterocycles. The lowest BCUT2D eigenvalue weighted by Gasteiger charge is -2.15. The molecule has 6 nitrogen and oxygen atoms in total. The number of halogens is 4. The SMILES string of the molecule is CC[C@H](C)c1nc2ccc(Br)cc2c(=O)n1N=Cc1cc(Br)c(OCc2ccc(Br)cc2Br)c(OC)c1. The van der Waals surface area contributed by atoms with Crippen molar-refractivity contribution in [1.82, 2.24) is 9.66 Å². The molecule has 3 aromatic carbocycles. The summed E-state index contributed by atoms with van der Waals surface area (Å²) in [6.45, 7) is 4.44. The minimum Gasteiger partial charge on any atom is -0.493 e. The van der Waals surface area contributed by atoms with Crippen molar-refractivity contribution in [3.05, 3.63) is 93.7 Å². The van der Waals surface area contributed by atoms with Gasteiger partial charge in [-0.15, -0.1) is 0 Å². The molecule has 37 heavy (non-hydrogen) atoms. The lowest BCUT2D eigenvalue weighted by molar-refractivity contribution is 0.282. The summed E-state index contributed by atoms with van der Waals surface area (Å²) in [4.78, 5) is 18.1. The second kappa shape index (κ2) is 12.2. The lowest BCUT2D eigenvalue weighted by Crippen LogP contribution is -2.23. The second-order valence-electron chi connectivity index (χ2n) is 8.36. The van der Waals surface area contributed by atoms with Crippen molar-refractivity contribution >= 4 is 80.8 Å². The Kier molecular flexibility index (Phi) is 9.26. The Hall–Kier alpha value is -2.01. The van der Waals surface area contributed by atoms with Gasteiger partial charge in [0.2, 0.25) is 0 Å². The van der Waals surface area contributed by atoms with E-state index in [9.17, 15) is 4.79 Å². The van der Waals surface area contributed by atoms with Crippen molar-refractivity contribution in [2.24, 2.45) is 5.10 Å². The first-order valence-electron chi connectivity index (χ1n) is 11.4. The molecule has 0 fully saturated rings. The largest absolute Gasteiger partial charge is 0.493 e. The van der Waals surface area contributed by atoms with Crippen LogP contribution in [0.5, 0.6) is 11.5 Å². The van der Waals surface area contributed by atoms with E-state index in [0.29, 0.717) is 39.3 Å². The van der Waals surface area contributed by atoms with E-state index in [1.807, 2.05) is 49.4 Å². The van der Waals surface area contributed by atoms with Crippen LogP contribution < -0.4 is 15.0 Å². The average Bonchev–Trinajstić information content (AvgIpc) is 2.87. The van der Waals surface area contributed by atoms with Crippen molar-refractivity contribution in [3.63, 3.8) is 0 Å². The Morgan fingerprint density at radius 1 is 1.03 bits per heavy atom. The molecule has 0 saturated carbocycles. The third-order valence-electron chi connectivity index (χ3n) is 5.85. The van der Waals surface area contributed by atoms with E-state index in [-0.39, 0.29) is 11.5 Å². The molecule has 1 atom stereocenters. The van der Waals surface area contributed by atoms with Gasteiger partial charge < -0.3 is 9.47 Å². The third kappa shape index (κ3) is 6.35. The van der Waals surface area contributed by atoms with Gasteiger partial charge >= 0.3 is 0 Å². The van der Waals surface area contributed by atoms with Crippen molar-refractivity contribution in [2.75, 3.05) is 7.11 Å². The zero-order valence-electron chi connectivity index (χ0n) is 20.3. The summed E-state index contributed by atoms with van der Waals surface area (Å²) < 4.78 is 16.5. The fourth-order valence-electron chi connectivity index (χ4n) is 3.65. The molecule has 0 N–H and O–H groups in total. The summed E-state index contributed by atoms with van der Waals surface area (Å²) in [5, 5.41) is 5.06. The number of aromatic nitrogens is 2. The highest BCUT2D eigenvalue weighted by Gasteiger charge is 2.16. The lowest BCUT2D eigenvalue weighted by atomic mass is 10.1. The van der Waals surface area contributed by atoms with Gasteiger partial charge in [0.05, 0.1) is 28.7 Å². The Labute approximate surface area is 248 Å². The monoisotopic (exact) mass is 753 g/mol. The molecule has 0 aliphatic carbocycles. The minimum atomic E-state index is -0.219.